The van der Waals surface area contributed by atoms with Crippen molar-refractivity contribution in [3.63, 3.8) is 0 Å². The topological polar surface area (TPSA) is 58.4 Å². The number of anilines is 3. The lowest BCUT2D eigenvalue weighted by molar-refractivity contribution is -0.108. The zero-order valence-corrected chi connectivity index (χ0v) is 18.2. The second kappa shape index (κ2) is 8.27. The molecule has 29 heavy (non-hydrogen) atoms. The van der Waals surface area contributed by atoms with Gasteiger partial charge in [0, 0.05) is 19.0 Å². The summed E-state index contributed by atoms with van der Waals surface area (Å²) in [6.45, 7) is 10.8. The third-order valence-corrected chi connectivity index (χ3v) is 5.51. The number of carbonyl (C=O) groups excluding carboxylic acids is 1. The minimum absolute atomic E-state index is 0.0561. The number of fused-ring (bicyclic) bond motifs is 1. The van der Waals surface area contributed by atoms with Crippen molar-refractivity contribution in [1.82, 2.24) is 4.98 Å². The van der Waals surface area contributed by atoms with Crippen molar-refractivity contribution in [2.24, 2.45) is 5.92 Å². The highest BCUT2D eigenvalue weighted by Gasteiger charge is 2.23. The van der Waals surface area contributed by atoms with Gasteiger partial charge in [-0.3, -0.25) is 0 Å². The fourth-order valence-corrected chi connectivity index (χ4v) is 3.48. The van der Waals surface area contributed by atoms with E-state index in [-0.39, 0.29) is 11.5 Å². The van der Waals surface area contributed by atoms with Gasteiger partial charge in [0.15, 0.2) is 5.58 Å². The first-order chi connectivity index (χ1) is 13.7. The van der Waals surface area contributed by atoms with Gasteiger partial charge in [0.05, 0.1) is 11.4 Å². The lowest BCUT2D eigenvalue weighted by Crippen LogP contribution is -2.38. The maximum absolute atomic E-state index is 11.2. The van der Waals surface area contributed by atoms with Gasteiger partial charge in [0.1, 0.15) is 11.8 Å². The quantitative estimate of drug-likeness (QED) is 0.489. The molecular weight excluding hydrogens is 362 g/mol. The molecule has 3 aromatic rings. The molecule has 5 heteroatoms. The zero-order chi connectivity index (χ0) is 21.2. The van der Waals surface area contributed by atoms with Gasteiger partial charge in [-0.05, 0) is 62.4 Å². The second-order valence-corrected chi connectivity index (χ2v) is 8.87. The summed E-state index contributed by atoms with van der Waals surface area (Å²) < 4.78 is 5.89. The summed E-state index contributed by atoms with van der Waals surface area (Å²) >= 11 is 0. The van der Waals surface area contributed by atoms with Gasteiger partial charge in [-0.15, -0.1) is 0 Å². The minimum Gasteiger partial charge on any atom is -0.423 e. The Kier molecular flexibility index (Phi) is 5.96. The largest absolute Gasteiger partial charge is 0.423 e. The molecule has 0 bridgehead atoms. The van der Waals surface area contributed by atoms with E-state index in [0.29, 0.717) is 18.4 Å². The van der Waals surface area contributed by atoms with Gasteiger partial charge in [0.2, 0.25) is 0 Å². The number of carbonyl (C=O) groups is 1. The van der Waals surface area contributed by atoms with Crippen LogP contribution < -0.4 is 10.2 Å². The van der Waals surface area contributed by atoms with Crippen LogP contribution in [0.2, 0.25) is 0 Å². The maximum atomic E-state index is 11.2. The Balaban J connectivity index is 2.06. The van der Waals surface area contributed by atoms with E-state index in [0.717, 1.165) is 34.3 Å². The molecule has 0 saturated carbocycles. The number of hydrogen-bond donors (Lipinski definition) is 1. The first kappa shape index (κ1) is 20.9. The van der Waals surface area contributed by atoms with Crippen LogP contribution in [0.3, 0.4) is 0 Å². The highest BCUT2D eigenvalue weighted by molar-refractivity contribution is 5.79. The first-order valence-corrected chi connectivity index (χ1v) is 10.1. The lowest BCUT2D eigenvalue weighted by atomic mass is 9.85. The molecule has 1 N–H and O–H groups in total. The molecule has 1 unspecified atom stereocenters. The highest BCUT2D eigenvalue weighted by Crippen LogP contribution is 2.37. The van der Waals surface area contributed by atoms with E-state index in [1.165, 1.54) is 0 Å². The molecule has 0 fully saturated rings. The number of rotatable bonds is 7. The molecule has 5 nitrogen and oxygen atoms in total. The van der Waals surface area contributed by atoms with Crippen molar-refractivity contribution in [2.75, 3.05) is 17.3 Å². The van der Waals surface area contributed by atoms with Crippen LogP contribution in [0.4, 0.5) is 17.4 Å². The molecule has 0 aliphatic carbocycles. The van der Waals surface area contributed by atoms with E-state index in [4.69, 9.17) is 4.42 Å². The molecule has 0 aliphatic heterocycles. The number of aromatic nitrogens is 1. The fourth-order valence-electron chi connectivity index (χ4n) is 3.48. The molecule has 0 amide bonds. The van der Waals surface area contributed by atoms with Gasteiger partial charge in [-0.25, -0.2) is 0 Å². The molecule has 2 aromatic carbocycles. The second-order valence-electron chi connectivity index (χ2n) is 8.87. The number of para-hydroxylation sites is 2. The molecule has 0 spiro atoms. The molecule has 1 aromatic heterocycles. The van der Waals surface area contributed by atoms with Crippen molar-refractivity contribution in [2.45, 2.75) is 52.5 Å². The number of nitrogens with one attached hydrogen (secondary N) is 1. The molecule has 3 rings (SSSR count). The normalized spacial score (nSPS) is 12.9. The average molecular weight is 394 g/mol. The van der Waals surface area contributed by atoms with Crippen LogP contribution in [-0.4, -0.2) is 23.9 Å². The molecule has 154 valence electrons. The van der Waals surface area contributed by atoms with Gasteiger partial charge in [-0.2, -0.15) is 4.98 Å². The van der Waals surface area contributed by atoms with E-state index in [1.54, 1.807) is 0 Å². The van der Waals surface area contributed by atoms with Crippen molar-refractivity contribution in [3.8, 4) is 0 Å². The van der Waals surface area contributed by atoms with Crippen LogP contribution in [-0.2, 0) is 4.79 Å². The van der Waals surface area contributed by atoms with Crippen LogP contribution in [0.25, 0.3) is 11.1 Å². The summed E-state index contributed by atoms with van der Waals surface area (Å²) in [5.41, 5.74) is 4.62. The van der Waals surface area contributed by atoms with Crippen LogP contribution in [0.15, 0.2) is 46.9 Å². The van der Waals surface area contributed by atoms with Gasteiger partial charge >= 0.3 is 0 Å². The Morgan fingerprint density at radius 2 is 1.90 bits per heavy atom. The maximum Gasteiger partial charge on any atom is 0.300 e. The minimum atomic E-state index is -0.0561. The summed E-state index contributed by atoms with van der Waals surface area (Å²) in [6, 6.07) is 14.6. The Bertz CT molecular complexity index is 952. The highest BCUT2D eigenvalue weighted by atomic mass is 16.4. The van der Waals surface area contributed by atoms with Crippen molar-refractivity contribution in [1.29, 1.82) is 0 Å². The third kappa shape index (κ3) is 4.61. The predicted octanol–water partition coefficient (Wildman–Crippen LogP) is 6.13. The smallest absolute Gasteiger partial charge is 0.300 e. The van der Waals surface area contributed by atoms with Gasteiger partial charge < -0.3 is 19.4 Å². The van der Waals surface area contributed by atoms with Crippen LogP contribution in [0.5, 0.6) is 0 Å². The summed E-state index contributed by atoms with van der Waals surface area (Å²) in [5.74, 6) is 0.536. The van der Waals surface area contributed by atoms with Crippen molar-refractivity contribution >= 4 is 34.8 Å². The number of nitrogens with zero attached hydrogens (tertiary/aromatic N) is 2. The molecule has 1 heterocycles. The SMILES string of the molecule is CC(C)C(CC=O)c1ccc(N(C)C(C)(C)C)c(Nc2nc3ccccc3o2)c1. The van der Waals surface area contributed by atoms with E-state index < -0.39 is 0 Å². The van der Waals surface area contributed by atoms with Gasteiger partial charge in [0.25, 0.3) is 6.01 Å². The summed E-state index contributed by atoms with van der Waals surface area (Å²) in [5, 5.41) is 3.38. The first-order valence-electron chi connectivity index (χ1n) is 10.1. The molecule has 0 radical (unpaired) electrons. The zero-order valence-electron chi connectivity index (χ0n) is 18.2. The van der Waals surface area contributed by atoms with E-state index in [1.807, 2.05) is 24.3 Å². The van der Waals surface area contributed by atoms with E-state index >= 15 is 0 Å². The third-order valence-electron chi connectivity index (χ3n) is 5.51. The number of benzene rings is 2. The number of aldehydes is 1. The Morgan fingerprint density at radius 1 is 1.17 bits per heavy atom. The molecule has 0 saturated heterocycles. The summed E-state index contributed by atoms with van der Waals surface area (Å²) in [4.78, 5) is 18.0. The molecule has 1 atom stereocenters. The Morgan fingerprint density at radius 3 is 2.52 bits per heavy atom. The van der Waals surface area contributed by atoms with Crippen LogP contribution in [0, 0.1) is 5.92 Å². The Hall–Kier alpha value is -2.82. The standard InChI is InChI=1S/C24H31N3O2/c1-16(2)18(13-14-28)17-11-12-21(27(6)24(3,4)5)20(15-17)26-23-25-19-9-7-8-10-22(19)29-23/h7-12,14-16,18H,13H2,1-6H3,(H,25,26). The van der Waals surface area contributed by atoms with Gasteiger partial charge in [-0.1, -0.05) is 32.0 Å². The number of hydrogen-bond acceptors (Lipinski definition) is 5. The van der Waals surface area contributed by atoms with Crippen LogP contribution in [0.1, 0.15) is 52.5 Å². The Labute approximate surface area is 173 Å². The van der Waals surface area contributed by atoms with E-state index in [2.05, 4.69) is 75.1 Å². The van der Waals surface area contributed by atoms with Crippen molar-refractivity contribution < 1.29 is 9.21 Å². The predicted molar refractivity (Wildman–Crippen MR) is 120 cm³/mol. The monoisotopic (exact) mass is 393 g/mol. The van der Waals surface area contributed by atoms with Crippen molar-refractivity contribution in [3.05, 3.63) is 48.0 Å². The summed E-state index contributed by atoms with van der Waals surface area (Å²) in [7, 11) is 2.08. The van der Waals surface area contributed by atoms with Crippen LogP contribution >= 0.6 is 0 Å². The average Bonchev–Trinajstić information content (AvgIpc) is 3.07. The van der Waals surface area contributed by atoms with E-state index in [9.17, 15) is 4.79 Å². The fraction of sp³-hybridized carbons (Fsp3) is 0.417. The number of oxazole rings is 1. The molecular formula is C24H31N3O2. The molecule has 0 aliphatic rings. The lowest BCUT2D eigenvalue weighted by Gasteiger charge is -2.36. The summed E-state index contributed by atoms with van der Waals surface area (Å²) in [6.07, 6.45) is 1.52.